The van der Waals surface area contributed by atoms with Crippen LogP contribution in [0.1, 0.15) is 44.9 Å². The number of piperazine rings is 1. The second-order valence-corrected chi connectivity index (χ2v) is 6.42. The lowest BCUT2D eigenvalue weighted by molar-refractivity contribution is 0.0487. The van der Waals surface area contributed by atoms with Crippen molar-refractivity contribution in [3.05, 3.63) is 0 Å². The molecule has 1 aliphatic carbocycles. The van der Waals surface area contributed by atoms with Crippen molar-refractivity contribution in [2.75, 3.05) is 39.3 Å². The molecule has 1 N–H and O–H groups in total. The van der Waals surface area contributed by atoms with Gasteiger partial charge in [0.1, 0.15) is 0 Å². The summed E-state index contributed by atoms with van der Waals surface area (Å²) >= 11 is 0. The Morgan fingerprint density at radius 3 is 2.78 bits per heavy atom. The van der Waals surface area contributed by atoms with E-state index in [0.717, 1.165) is 12.1 Å². The molecule has 1 unspecified atom stereocenters. The zero-order valence-electron chi connectivity index (χ0n) is 11.7. The Morgan fingerprint density at radius 1 is 0.944 bits per heavy atom. The van der Waals surface area contributed by atoms with E-state index in [9.17, 15) is 0 Å². The second kappa shape index (κ2) is 6.36. The predicted octanol–water partition coefficient (Wildman–Crippen LogP) is 1.69. The van der Waals surface area contributed by atoms with Crippen molar-refractivity contribution in [2.45, 2.75) is 57.0 Å². The molecule has 0 radical (unpaired) electrons. The van der Waals surface area contributed by atoms with E-state index in [2.05, 4.69) is 15.1 Å². The molecule has 2 saturated heterocycles. The third-order valence-electron chi connectivity index (χ3n) is 4.83. The van der Waals surface area contributed by atoms with Gasteiger partial charge in [0.2, 0.25) is 0 Å². The van der Waals surface area contributed by atoms with Crippen molar-refractivity contribution in [1.29, 1.82) is 0 Å². The summed E-state index contributed by atoms with van der Waals surface area (Å²) in [6, 6.07) is 1.77. The number of hydrogen-bond donors (Lipinski definition) is 1. The highest BCUT2D eigenvalue weighted by Gasteiger charge is 2.28. The van der Waals surface area contributed by atoms with Gasteiger partial charge < -0.3 is 10.2 Å². The third-order valence-corrected chi connectivity index (χ3v) is 4.83. The van der Waals surface area contributed by atoms with Crippen LogP contribution in [0.4, 0.5) is 0 Å². The highest BCUT2D eigenvalue weighted by molar-refractivity contribution is 4.85. The Labute approximate surface area is 112 Å². The van der Waals surface area contributed by atoms with Gasteiger partial charge >= 0.3 is 0 Å². The van der Waals surface area contributed by atoms with E-state index in [4.69, 9.17) is 0 Å². The van der Waals surface area contributed by atoms with Crippen LogP contribution in [0.3, 0.4) is 0 Å². The Kier molecular flexibility index (Phi) is 4.55. The molecule has 3 heteroatoms. The smallest absolute Gasteiger partial charge is 0.0223 e. The van der Waals surface area contributed by atoms with Crippen LogP contribution < -0.4 is 5.32 Å². The molecule has 0 spiro atoms. The molecule has 2 aliphatic heterocycles. The van der Waals surface area contributed by atoms with E-state index in [0.29, 0.717) is 0 Å². The van der Waals surface area contributed by atoms with Crippen LogP contribution in [0, 0.1) is 0 Å². The Morgan fingerprint density at radius 2 is 1.89 bits per heavy atom. The van der Waals surface area contributed by atoms with Crippen molar-refractivity contribution in [1.82, 2.24) is 15.1 Å². The fraction of sp³-hybridized carbons (Fsp3) is 1.00. The van der Waals surface area contributed by atoms with Crippen molar-refractivity contribution in [3.8, 4) is 0 Å². The molecule has 3 rings (SSSR count). The lowest BCUT2D eigenvalue weighted by atomic mass is 9.99. The van der Waals surface area contributed by atoms with Crippen molar-refractivity contribution < 1.29 is 0 Å². The zero-order valence-corrected chi connectivity index (χ0v) is 11.7. The van der Waals surface area contributed by atoms with Crippen LogP contribution in [-0.2, 0) is 0 Å². The van der Waals surface area contributed by atoms with Crippen molar-refractivity contribution >= 4 is 0 Å². The maximum atomic E-state index is 3.61. The van der Waals surface area contributed by atoms with Gasteiger partial charge in [-0.15, -0.1) is 0 Å². The molecule has 3 fully saturated rings. The quantitative estimate of drug-likeness (QED) is 0.725. The lowest BCUT2D eigenvalue weighted by Gasteiger charge is -2.44. The van der Waals surface area contributed by atoms with Crippen molar-refractivity contribution in [3.63, 3.8) is 0 Å². The van der Waals surface area contributed by atoms with Crippen LogP contribution in [0.5, 0.6) is 0 Å². The first-order chi connectivity index (χ1) is 8.92. The topological polar surface area (TPSA) is 18.5 Å². The Balaban J connectivity index is 1.28. The number of hydrogen-bond acceptors (Lipinski definition) is 3. The molecular weight excluding hydrogens is 222 g/mol. The molecule has 0 aromatic rings. The Bertz CT molecular complexity index is 252. The van der Waals surface area contributed by atoms with Crippen LogP contribution in [-0.4, -0.2) is 61.2 Å². The molecule has 1 atom stereocenters. The van der Waals surface area contributed by atoms with E-state index in [1.807, 2.05) is 0 Å². The standard InChI is InChI=1S/C15H29N3/c1-3-10-18-12-11-17(13-15(18)5-1)9-4-2-8-16-14-6-7-14/h14-16H,1-13H2. The minimum absolute atomic E-state index is 0.885. The van der Waals surface area contributed by atoms with Gasteiger partial charge in [-0.1, -0.05) is 6.42 Å². The van der Waals surface area contributed by atoms with Gasteiger partial charge in [0, 0.05) is 31.7 Å². The summed E-state index contributed by atoms with van der Waals surface area (Å²) in [6.07, 6.45) is 9.92. The molecule has 0 aromatic carbocycles. The number of nitrogens with zero attached hydrogens (tertiary/aromatic N) is 2. The molecule has 3 nitrogen and oxygen atoms in total. The third kappa shape index (κ3) is 3.69. The van der Waals surface area contributed by atoms with Crippen LogP contribution in [0.25, 0.3) is 0 Å². The number of fused-ring (bicyclic) bond motifs is 1. The monoisotopic (exact) mass is 251 g/mol. The highest BCUT2D eigenvalue weighted by atomic mass is 15.3. The molecule has 0 bridgehead atoms. The van der Waals surface area contributed by atoms with E-state index >= 15 is 0 Å². The number of unbranched alkanes of at least 4 members (excludes halogenated alkanes) is 1. The largest absolute Gasteiger partial charge is 0.314 e. The van der Waals surface area contributed by atoms with Gasteiger partial charge in [-0.2, -0.15) is 0 Å². The molecule has 3 aliphatic rings. The van der Waals surface area contributed by atoms with E-state index in [-0.39, 0.29) is 0 Å². The molecule has 0 aromatic heterocycles. The average molecular weight is 251 g/mol. The maximum absolute atomic E-state index is 3.61. The van der Waals surface area contributed by atoms with E-state index in [1.165, 1.54) is 84.2 Å². The minimum atomic E-state index is 0.885. The molecular formula is C15H29N3. The molecule has 0 amide bonds. The summed E-state index contributed by atoms with van der Waals surface area (Å²) in [6.45, 7) is 7.92. The highest BCUT2D eigenvalue weighted by Crippen LogP contribution is 2.21. The van der Waals surface area contributed by atoms with Gasteiger partial charge in [-0.25, -0.2) is 0 Å². The lowest BCUT2D eigenvalue weighted by Crippen LogP contribution is -2.54. The van der Waals surface area contributed by atoms with E-state index < -0.39 is 0 Å². The van der Waals surface area contributed by atoms with Crippen molar-refractivity contribution in [2.24, 2.45) is 0 Å². The maximum Gasteiger partial charge on any atom is 0.0223 e. The average Bonchev–Trinajstić information content (AvgIpc) is 3.22. The molecule has 2 heterocycles. The molecule has 18 heavy (non-hydrogen) atoms. The summed E-state index contributed by atoms with van der Waals surface area (Å²) in [5, 5.41) is 3.61. The van der Waals surface area contributed by atoms with Gasteiger partial charge in [0.25, 0.3) is 0 Å². The fourth-order valence-electron chi connectivity index (χ4n) is 3.48. The van der Waals surface area contributed by atoms with Crippen LogP contribution >= 0.6 is 0 Å². The van der Waals surface area contributed by atoms with Gasteiger partial charge in [0.05, 0.1) is 0 Å². The van der Waals surface area contributed by atoms with Crippen LogP contribution in [0.15, 0.2) is 0 Å². The zero-order chi connectivity index (χ0) is 12.2. The van der Waals surface area contributed by atoms with Crippen LogP contribution in [0.2, 0.25) is 0 Å². The fourth-order valence-corrected chi connectivity index (χ4v) is 3.48. The Hall–Kier alpha value is -0.120. The summed E-state index contributed by atoms with van der Waals surface area (Å²) in [5.74, 6) is 0. The first kappa shape index (κ1) is 12.9. The number of piperidine rings is 1. The normalized spacial score (nSPS) is 30.3. The summed E-state index contributed by atoms with van der Waals surface area (Å²) < 4.78 is 0. The number of rotatable bonds is 6. The van der Waals surface area contributed by atoms with Gasteiger partial charge in [0.15, 0.2) is 0 Å². The number of nitrogens with one attached hydrogen (secondary N) is 1. The SMILES string of the molecule is C(CCN1CCN2CCCCC2C1)CNC1CC1. The first-order valence-electron chi connectivity index (χ1n) is 8.11. The second-order valence-electron chi connectivity index (χ2n) is 6.42. The van der Waals surface area contributed by atoms with Gasteiger partial charge in [-0.05, 0) is 58.2 Å². The first-order valence-corrected chi connectivity index (χ1v) is 8.11. The summed E-state index contributed by atoms with van der Waals surface area (Å²) in [7, 11) is 0. The summed E-state index contributed by atoms with van der Waals surface area (Å²) in [5.41, 5.74) is 0. The minimum Gasteiger partial charge on any atom is -0.314 e. The molecule has 1 saturated carbocycles. The summed E-state index contributed by atoms with van der Waals surface area (Å²) in [4.78, 5) is 5.44. The predicted molar refractivity (Wildman–Crippen MR) is 75.9 cm³/mol. The van der Waals surface area contributed by atoms with E-state index in [1.54, 1.807) is 0 Å². The molecule has 104 valence electrons. The van der Waals surface area contributed by atoms with Gasteiger partial charge in [-0.3, -0.25) is 4.90 Å².